The molecule has 0 atom stereocenters. The minimum Gasteiger partial charge on any atom is -0.414 e. The number of likely N-dealkylation sites (tertiary alicyclic amines) is 1. The van der Waals surface area contributed by atoms with Crippen molar-refractivity contribution in [2.24, 2.45) is 5.41 Å². The summed E-state index contributed by atoms with van der Waals surface area (Å²) in [7, 11) is 0. The second-order valence-corrected chi connectivity index (χ2v) is 9.56. The van der Waals surface area contributed by atoms with Gasteiger partial charge < -0.3 is 10.1 Å². The number of hydrogen-bond donors (Lipinski definition) is 1. The van der Waals surface area contributed by atoms with Crippen LogP contribution >= 0.6 is 23.2 Å². The zero-order chi connectivity index (χ0) is 19.0. The Hall–Kier alpha value is -0.810. The summed E-state index contributed by atoms with van der Waals surface area (Å²) >= 11 is 12.4. The quantitative estimate of drug-likeness (QED) is 0.642. The average molecular weight is 400 g/mol. The van der Waals surface area contributed by atoms with Gasteiger partial charge >= 0.3 is 6.09 Å². The molecule has 1 aromatic rings. The molecular weight excluding hydrogens is 371 g/mol. The van der Waals surface area contributed by atoms with E-state index in [1.807, 2.05) is 32.9 Å². The lowest BCUT2D eigenvalue weighted by molar-refractivity contribution is 0.00755. The second-order valence-electron chi connectivity index (χ2n) is 8.74. The number of hydrogen-bond acceptors (Lipinski definition) is 3. The molecule has 2 aliphatic rings. The van der Waals surface area contributed by atoms with Gasteiger partial charge in [-0.25, -0.2) is 0 Å². The van der Waals surface area contributed by atoms with Gasteiger partial charge in [-0.15, -0.1) is 0 Å². The molecule has 3 rings (SSSR count). The Balaban J connectivity index is 1.92. The summed E-state index contributed by atoms with van der Waals surface area (Å²) in [6.07, 6.45) is 4.22. The summed E-state index contributed by atoms with van der Waals surface area (Å²) in [6.45, 7) is 9.36. The fraction of sp³-hybridized carbons (Fsp3) is 0.650. The summed E-state index contributed by atoms with van der Waals surface area (Å²) in [5, 5.41) is 4.43. The van der Waals surface area contributed by atoms with Gasteiger partial charge in [-0.2, -0.15) is 9.28 Å². The molecule has 0 radical (unpaired) electrons. The van der Waals surface area contributed by atoms with E-state index >= 15 is 0 Å². The molecule has 1 aromatic carbocycles. The maximum absolute atomic E-state index is 13.3. The van der Waals surface area contributed by atoms with Crippen molar-refractivity contribution in [2.45, 2.75) is 52.1 Å². The van der Waals surface area contributed by atoms with Gasteiger partial charge in [0.25, 0.3) is 0 Å². The molecule has 2 heterocycles. The van der Waals surface area contributed by atoms with E-state index in [2.05, 4.69) is 5.32 Å². The van der Waals surface area contributed by atoms with Crippen LogP contribution in [-0.2, 0) is 4.74 Å². The van der Waals surface area contributed by atoms with Crippen molar-refractivity contribution < 1.29 is 9.53 Å². The standard InChI is InChI=1S/C20H29Cl2N2O2/c1-19(2,3)26-18(25)24(15-4-5-16(21)17(22)14-15)12-8-20(9-13-24)6-10-23-11-7-20/h4-5,14,23H,6-13H2,1-3H3/q+1. The Morgan fingerprint density at radius 1 is 1.08 bits per heavy atom. The fourth-order valence-corrected chi connectivity index (χ4v) is 4.49. The first-order chi connectivity index (χ1) is 12.2. The highest BCUT2D eigenvalue weighted by atomic mass is 35.5. The third-order valence-electron chi connectivity index (χ3n) is 5.85. The smallest absolute Gasteiger partial charge is 0.414 e. The van der Waals surface area contributed by atoms with Crippen LogP contribution in [0, 0.1) is 5.41 Å². The molecule has 26 heavy (non-hydrogen) atoms. The largest absolute Gasteiger partial charge is 0.521 e. The molecule has 0 unspecified atom stereocenters. The van der Waals surface area contributed by atoms with Crippen LogP contribution in [0.4, 0.5) is 10.5 Å². The minimum atomic E-state index is -0.525. The Morgan fingerprint density at radius 3 is 2.23 bits per heavy atom. The average Bonchev–Trinajstić information content (AvgIpc) is 2.58. The Labute approximate surface area is 166 Å². The Morgan fingerprint density at radius 2 is 1.69 bits per heavy atom. The van der Waals surface area contributed by atoms with E-state index < -0.39 is 5.60 Å². The fourth-order valence-electron chi connectivity index (χ4n) is 4.20. The van der Waals surface area contributed by atoms with E-state index in [9.17, 15) is 4.79 Å². The van der Waals surface area contributed by atoms with Gasteiger partial charge in [-0.3, -0.25) is 0 Å². The van der Waals surface area contributed by atoms with Crippen LogP contribution in [0.5, 0.6) is 0 Å². The van der Waals surface area contributed by atoms with Gasteiger partial charge in [0.2, 0.25) is 0 Å². The predicted molar refractivity (Wildman–Crippen MR) is 108 cm³/mol. The number of nitrogens with zero attached hydrogens (tertiary/aromatic N) is 1. The highest BCUT2D eigenvalue weighted by Crippen LogP contribution is 2.45. The molecule has 0 bridgehead atoms. The molecule has 0 aromatic heterocycles. The molecule has 0 aliphatic carbocycles. The number of halogens is 2. The van der Waals surface area contributed by atoms with E-state index in [0.29, 0.717) is 15.5 Å². The van der Waals surface area contributed by atoms with Crippen LogP contribution in [0.3, 0.4) is 0 Å². The number of nitrogens with one attached hydrogen (secondary N) is 1. The van der Waals surface area contributed by atoms with Gasteiger partial charge in [-0.1, -0.05) is 23.2 Å². The normalized spacial score (nSPS) is 22.2. The van der Waals surface area contributed by atoms with Gasteiger partial charge in [0.15, 0.2) is 0 Å². The van der Waals surface area contributed by atoms with Gasteiger partial charge in [0.1, 0.15) is 11.3 Å². The van der Waals surface area contributed by atoms with Crippen LogP contribution < -0.4 is 9.80 Å². The van der Waals surface area contributed by atoms with Crippen molar-refractivity contribution in [1.82, 2.24) is 9.80 Å². The summed E-state index contributed by atoms with van der Waals surface area (Å²) in [6, 6.07) is 5.52. The van der Waals surface area contributed by atoms with E-state index in [1.54, 1.807) is 6.07 Å². The molecule has 1 N–H and O–H groups in total. The molecule has 144 valence electrons. The number of carbonyl (C=O) groups is 1. The van der Waals surface area contributed by atoms with E-state index in [1.165, 1.54) is 12.8 Å². The van der Waals surface area contributed by atoms with Crippen LogP contribution in [0.25, 0.3) is 0 Å². The van der Waals surface area contributed by atoms with Crippen molar-refractivity contribution in [2.75, 3.05) is 26.2 Å². The number of piperidine rings is 2. The molecule has 2 fully saturated rings. The minimum absolute atomic E-state index is 0.195. The number of benzene rings is 1. The molecule has 0 saturated carbocycles. The number of ether oxygens (including phenoxy) is 1. The van der Waals surface area contributed by atoms with Gasteiger partial charge in [-0.05, 0) is 58.2 Å². The van der Waals surface area contributed by atoms with E-state index in [4.69, 9.17) is 27.9 Å². The molecular formula is C20H29Cl2N2O2+. The monoisotopic (exact) mass is 399 g/mol. The second kappa shape index (κ2) is 7.31. The lowest BCUT2D eigenvalue weighted by Gasteiger charge is -2.47. The lowest BCUT2D eigenvalue weighted by atomic mass is 9.71. The number of carbonyl (C=O) groups excluding carboxylic acids is 1. The van der Waals surface area contributed by atoms with Crippen LogP contribution in [0.2, 0.25) is 10.0 Å². The topological polar surface area (TPSA) is 38.3 Å². The number of rotatable bonds is 1. The van der Waals surface area contributed by atoms with Crippen LogP contribution in [-0.4, -0.2) is 37.9 Å². The maximum atomic E-state index is 13.3. The number of quaternary nitrogens is 1. The SMILES string of the molecule is CC(C)(C)OC(=O)[N+]1(c2ccc(Cl)c(Cl)c2)CCC2(CCNCC2)CC1. The van der Waals surface area contributed by atoms with Crippen LogP contribution in [0.1, 0.15) is 46.5 Å². The van der Waals surface area contributed by atoms with Crippen molar-refractivity contribution in [3.63, 3.8) is 0 Å². The van der Waals surface area contributed by atoms with E-state index in [0.717, 1.165) is 44.7 Å². The van der Waals surface area contributed by atoms with Crippen molar-refractivity contribution in [1.29, 1.82) is 0 Å². The predicted octanol–water partition coefficient (Wildman–Crippen LogP) is 5.40. The maximum Gasteiger partial charge on any atom is 0.521 e. The molecule has 6 heteroatoms. The van der Waals surface area contributed by atoms with Gasteiger partial charge in [0.05, 0.1) is 23.1 Å². The molecule has 1 amide bonds. The van der Waals surface area contributed by atoms with Crippen molar-refractivity contribution >= 4 is 35.0 Å². The summed E-state index contributed by atoms with van der Waals surface area (Å²) in [5.41, 5.74) is 0.700. The summed E-state index contributed by atoms with van der Waals surface area (Å²) < 4.78 is 6.02. The highest BCUT2D eigenvalue weighted by molar-refractivity contribution is 6.42. The number of amides is 1. The summed E-state index contributed by atoms with van der Waals surface area (Å²) in [5.74, 6) is 0. The van der Waals surface area contributed by atoms with E-state index in [-0.39, 0.29) is 10.6 Å². The van der Waals surface area contributed by atoms with Crippen molar-refractivity contribution in [3.05, 3.63) is 28.2 Å². The molecule has 2 saturated heterocycles. The molecule has 1 spiro atoms. The van der Waals surface area contributed by atoms with Crippen molar-refractivity contribution in [3.8, 4) is 0 Å². The van der Waals surface area contributed by atoms with Gasteiger partial charge in [0, 0.05) is 25.0 Å². The Bertz CT molecular complexity index is 669. The van der Waals surface area contributed by atoms with Crippen LogP contribution in [0.15, 0.2) is 18.2 Å². The first kappa shape index (κ1) is 19.9. The molecule has 2 aliphatic heterocycles. The summed E-state index contributed by atoms with van der Waals surface area (Å²) in [4.78, 5) is 13.3. The zero-order valence-corrected chi connectivity index (χ0v) is 17.4. The first-order valence-corrected chi connectivity index (χ1v) is 10.2. The lowest BCUT2D eigenvalue weighted by Crippen LogP contribution is -2.62. The first-order valence-electron chi connectivity index (χ1n) is 9.43. The highest BCUT2D eigenvalue weighted by Gasteiger charge is 2.50. The zero-order valence-electron chi connectivity index (χ0n) is 15.9. The molecule has 4 nitrogen and oxygen atoms in total. The third-order valence-corrected chi connectivity index (χ3v) is 6.59. The third kappa shape index (κ3) is 4.04. The Kier molecular flexibility index (Phi) is 5.60.